The second kappa shape index (κ2) is 7.80. The lowest BCUT2D eigenvalue weighted by molar-refractivity contribution is -0.117. The summed E-state index contributed by atoms with van der Waals surface area (Å²) < 4.78 is 5.29. The SMILES string of the molecule is COc1ccccc1NC(=O)CN1CCC(c2c[nH]c3ncccc23)CC1. The van der Waals surface area contributed by atoms with Gasteiger partial charge in [-0.2, -0.15) is 0 Å². The molecule has 1 aromatic carbocycles. The fraction of sp³-hybridized carbons (Fsp3) is 0.333. The van der Waals surface area contributed by atoms with E-state index in [0.29, 0.717) is 23.9 Å². The second-order valence-electron chi connectivity index (χ2n) is 6.94. The fourth-order valence-corrected chi connectivity index (χ4v) is 3.86. The maximum absolute atomic E-state index is 12.4. The number of carbonyl (C=O) groups is 1. The van der Waals surface area contributed by atoms with Crippen molar-refractivity contribution in [1.29, 1.82) is 0 Å². The van der Waals surface area contributed by atoms with Crippen LogP contribution < -0.4 is 10.1 Å². The number of nitrogens with one attached hydrogen (secondary N) is 2. The third-order valence-electron chi connectivity index (χ3n) is 5.26. The van der Waals surface area contributed by atoms with E-state index >= 15 is 0 Å². The maximum Gasteiger partial charge on any atom is 0.238 e. The Morgan fingerprint density at radius 1 is 1.26 bits per heavy atom. The minimum Gasteiger partial charge on any atom is -0.495 e. The highest BCUT2D eigenvalue weighted by atomic mass is 16.5. The number of benzene rings is 1. The summed E-state index contributed by atoms with van der Waals surface area (Å²) >= 11 is 0. The Hall–Kier alpha value is -2.86. The zero-order chi connectivity index (χ0) is 18.6. The fourth-order valence-electron chi connectivity index (χ4n) is 3.86. The number of nitrogens with zero attached hydrogens (tertiary/aromatic N) is 2. The van der Waals surface area contributed by atoms with Crippen molar-refractivity contribution in [2.45, 2.75) is 18.8 Å². The Labute approximate surface area is 158 Å². The molecule has 0 saturated carbocycles. The number of hydrogen-bond donors (Lipinski definition) is 2. The Balaban J connectivity index is 1.33. The number of likely N-dealkylation sites (tertiary alicyclic amines) is 1. The Morgan fingerprint density at radius 3 is 2.89 bits per heavy atom. The highest BCUT2D eigenvalue weighted by Crippen LogP contribution is 2.32. The molecule has 1 amide bonds. The number of aromatic nitrogens is 2. The minimum absolute atomic E-state index is 0.00533. The molecule has 1 fully saturated rings. The zero-order valence-corrected chi connectivity index (χ0v) is 15.4. The number of anilines is 1. The molecule has 2 N–H and O–H groups in total. The van der Waals surface area contributed by atoms with E-state index in [0.717, 1.165) is 31.6 Å². The predicted molar refractivity (Wildman–Crippen MR) is 106 cm³/mol. The van der Waals surface area contributed by atoms with Gasteiger partial charge in [0, 0.05) is 17.8 Å². The molecule has 6 heteroatoms. The van der Waals surface area contributed by atoms with Crippen molar-refractivity contribution in [2.75, 3.05) is 32.1 Å². The van der Waals surface area contributed by atoms with E-state index in [9.17, 15) is 4.79 Å². The normalized spacial score (nSPS) is 15.7. The summed E-state index contributed by atoms with van der Waals surface area (Å²) in [5.74, 6) is 1.18. The maximum atomic E-state index is 12.4. The molecule has 0 bridgehead atoms. The number of H-pyrrole nitrogens is 1. The first kappa shape index (κ1) is 17.5. The van der Waals surface area contributed by atoms with Gasteiger partial charge in [-0.1, -0.05) is 12.1 Å². The number of para-hydroxylation sites is 2. The first-order chi connectivity index (χ1) is 13.2. The molecule has 0 unspecified atom stereocenters. The molecular formula is C21H24N4O2. The largest absolute Gasteiger partial charge is 0.495 e. The predicted octanol–water partition coefficient (Wildman–Crippen LogP) is 3.39. The van der Waals surface area contributed by atoms with E-state index in [1.54, 1.807) is 7.11 Å². The lowest BCUT2D eigenvalue weighted by atomic mass is 9.89. The molecule has 1 aliphatic heterocycles. The lowest BCUT2D eigenvalue weighted by Crippen LogP contribution is -2.38. The van der Waals surface area contributed by atoms with Crippen LogP contribution in [0.3, 0.4) is 0 Å². The van der Waals surface area contributed by atoms with Crippen LogP contribution in [0.2, 0.25) is 0 Å². The highest BCUT2D eigenvalue weighted by Gasteiger charge is 2.24. The quantitative estimate of drug-likeness (QED) is 0.728. The first-order valence-electron chi connectivity index (χ1n) is 9.32. The monoisotopic (exact) mass is 364 g/mol. The molecule has 3 heterocycles. The number of rotatable bonds is 5. The summed E-state index contributed by atoms with van der Waals surface area (Å²) in [6.45, 7) is 2.23. The summed E-state index contributed by atoms with van der Waals surface area (Å²) in [6, 6.07) is 11.6. The van der Waals surface area contributed by atoms with Crippen LogP contribution in [0.25, 0.3) is 11.0 Å². The van der Waals surface area contributed by atoms with Crippen LogP contribution in [-0.4, -0.2) is 47.5 Å². The number of carbonyl (C=O) groups excluding carboxylic acids is 1. The van der Waals surface area contributed by atoms with E-state index in [1.165, 1.54) is 10.9 Å². The van der Waals surface area contributed by atoms with Crippen LogP contribution in [0.4, 0.5) is 5.69 Å². The zero-order valence-electron chi connectivity index (χ0n) is 15.4. The molecule has 0 spiro atoms. The first-order valence-corrected chi connectivity index (χ1v) is 9.32. The number of hydrogen-bond acceptors (Lipinski definition) is 4. The van der Waals surface area contributed by atoms with Crippen LogP contribution in [-0.2, 0) is 4.79 Å². The Morgan fingerprint density at radius 2 is 2.07 bits per heavy atom. The molecule has 0 radical (unpaired) electrons. The molecule has 0 aliphatic carbocycles. The number of amides is 1. The van der Waals surface area contributed by atoms with E-state index in [-0.39, 0.29) is 5.91 Å². The van der Waals surface area contributed by atoms with E-state index in [2.05, 4.69) is 32.4 Å². The van der Waals surface area contributed by atoms with E-state index in [1.807, 2.05) is 36.5 Å². The number of aromatic amines is 1. The Bertz CT molecular complexity index is 929. The molecule has 0 atom stereocenters. The van der Waals surface area contributed by atoms with Gasteiger partial charge in [0.05, 0.1) is 19.3 Å². The van der Waals surface area contributed by atoms with Crippen LogP contribution in [0, 0.1) is 0 Å². The van der Waals surface area contributed by atoms with Crippen LogP contribution in [0.15, 0.2) is 48.8 Å². The number of pyridine rings is 1. The van der Waals surface area contributed by atoms with Crippen molar-refractivity contribution in [2.24, 2.45) is 0 Å². The van der Waals surface area contributed by atoms with Gasteiger partial charge in [-0.25, -0.2) is 4.98 Å². The van der Waals surface area contributed by atoms with E-state index < -0.39 is 0 Å². The lowest BCUT2D eigenvalue weighted by Gasteiger charge is -2.31. The van der Waals surface area contributed by atoms with Crippen molar-refractivity contribution in [3.8, 4) is 5.75 Å². The van der Waals surface area contributed by atoms with Gasteiger partial charge >= 0.3 is 0 Å². The van der Waals surface area contributed by atoms with Crippen molar-refractivity contribution in [3.63, 3.8) is 0 Å². The average Bonchev–Trinajstić information content (AvgIpc) is 3.13. The van der Waals surface area contributed by atoms with Crippen LogP contribution >= 0.6 is 0 Å². The second-order valence-corrected chi connectivity index (χ2v) is 6.94. The summed E-state index contributed by atoms with van der Waals surface area (Å²) in [7, 11) is 1.61. The smallest absolute Gasteiger partial charge is 0.238 e. The van der Waals surface area contributed by atoms with Crippen molar-refractivity contribution in [1.82, 2.24) is 14.9 Å². The molecular weight excluding hydrogens is 340 g/mol. The number of fused-ring (bicyclic) bond motifs is 1. The van der Waals surface area contributed by atoms with Crippen LogP contribution in [0.1, 0.15) is 24.3 Å². The Kier molecular flexibility index (Phi) is 5.07. The topological polar surface area (TPSA) is 70.2 Å². The van der Waals surface area contributed by atoms with Crippen molar-refractivity contribution < 1.29 is 9.53 Å². The molecule has 1 aliphatic rings. The summed E-state index contributed by atoms with van der Waals surface area (Å²) in [5.41, 5.74) is 3.01. The van der Waals surface area contributed by atoms with Crippen LogP contribution in [0.5, 0.6) is 5.75 Å². The third kappa shape index (κ3) is 3.80. The summed E-state index contributed by atoms with van der Waals surface area (Å²) in [4.78, 5) is 22.3. The van der Waals surface area contributed by atoms with Gasteiger partial charge < -0.3 is 15.0 Å². The number of methoxy groups -OCH3 is 1. The molecule has 27 heavy (non-hydrogen) atoms. The average molecular weight is 364 g/mol. The molecule has 4 rings (SSSR count). The van der Waals surface area contributed by atoms with Gasteiger partial charge in [-0.05, 0) is 61.7 Å². The summed E-state index contributed by atoms with van der Waals surface area (Å²) in [6.07, 6.45) is 5.99. The molecule has 2 aromatic heterocycles. The molecule has 6 nitrogen and oxygen atoms in total. The molecule has 3 aromatic rings. The minimum atomic E-state index is -0.00533. The van der Waals surface area contributed by atoms with E-state index in [4.69, 9.17) is 4.74 Å². The van der Waals surface area contributed by atoms with Gasteiger partial charge in [0.2, 0.25) is 5.91 Å². The molecule has 140 valence electrons. The number of piperidine rings is 1. The summed E-state index contributed by atoms with van der Waals surface area (Å²) in [5, 5.41) is 4.17. The van der Waals surface area contributed by atoms with Crippen molar-refractivity contribution >= 4 is 22.6 Å². The third-order valence-corrected chi connectivity index (χ3v) is 5.26. The highest BCUT2D eigenvalue weighted by molar-refractivity contribution is 5.93. The van der Waals surface area contributed by atoms with Crippen molar-refractivity contribution in [3.05, 3.63) is 54.4 Å². The van der Waals surface area contributed by atoms with Gasteiger partial charge in [-0.3, -0.25) is 9.69 Å². The van der Waals surface area contributed by atoms with Gasteiger partial charge in [0.15, 0.2) is 0 Å². The number of ether oxygens (including phenoxy) is 1. The van der Waals surface area contributed by atoms with Gasteiger partial charge in [0.1, 0.15) is 11.4 Å². The molecule has 1 saturated heterocycles. The van der Waals surface area contributed by atoms with Gasteiger partial charge in [-0.15, -0.1) is 0 Å². The van der Waals surface area contributed by atoms with Gasteiger partial charge in [0.25, 0.3) is 0 Å². The standard InChI is InChI=1S/C21H24N4O2/c1-27-19-7-3-2-6-18(19)24-20(26)14-25-11-8-15(9-12-25)17-13-23-21-16(17)5-4-10-22-21/h2-7,10,13,15H,8-9,11-12,14H2,1H3,(H,22,23)(H,24,26).